The molecule has 0 aliphatic rings. The molecule has 2 aromatic rings. The Morgan fingerprint density at radius 1 is 1.11 bits per heavy atom. The summed E-state index contributed by atoms with van der Waals surface area (Å²) in [4.78, 5) is 0.860. The molecule has 1 aromatic carbocycles. The fourth-order valence-corrected chi connectivity index (χ4v) is 2.80. The molecule has 6 heteroatoms. The first-order valence-electron chi connectivity index (χ1n) is 5.00. The highest BCUT2D eigenvalue weighted by Crippen LogP contribution is 2.36. The SMILES string of the molecule is FC(F)(F)c1ccccc1OCc1ccc(Br)s1. The Kier molecular flexibility index (Phi) is 3.97. The highest BCUT2D eigenvalue weighted by Gasteiger charge is 2.33. The summed E-state index contributed by atoms with van der Waals surface area (Å²) >= 11 is 4.72. The summed E-state index contributed by atoms with van der Waals surface area (Å²) in [5.41, 5.74) is -0.749. The highest BCUT2D eigenvalue weighted by molar-refractivity contribution is 9.11. The largest absolute Gasteiger partial charge is 0.487 e. The summed E-state index contributed by atoms with van der Waals surface area (Å²) in [6.07, 6.45) is -4.40. The van der Waals surface area contributed by atoms with E-state index in [1.165, 1.54) is 29.5 Å². The number of alkyl halides is 3. The number of ether oxygens (including phenoxy) is 1. The van der Waals surface area contributed by atoms with Gasteiger partial charge in [-0.3, -0.25) is 0 Å². The van der Waals surface area contributed by atoms with E-state index in [0.717, 1.165) is 14.7 Å². The van der Waals surface area contributed by atoms with E-state index in [2.05, 4.69) is 15.9 Å². The van der Waals surface area contributed by atoms with Crippen LogP contribution in [0.25, 0.3) is 0 Å². The standard InChI is InChI=1S/C12H8BrF3OS/c13-11-6-5-8(18-11)7-17-10-4-2-1-3-9(10)12(14,15)16/h1-6H,7H2. The smallest absolute Gasteiger partial charge is 0.419 e. The summed E-state index contributed by atoms with van der Waals surface area (Å²) in [6, 6.07) is 8.85. The molecule has 0 saturated heterocycles. The molecule has 18 heavy (non-hydrogen) atoms. The van der Waals surface area contributed by atoms with Gasteiger partial charge in [0.1, 0.15) is 12.4 Å². The minimum absolute atomic E-state index is 0.128. The quantitative estimate of drug-likeness (QED) is 0.756. The van der Waals surface area contributed by atoms with Crippen LogP contribution >= 0.6 is 27.3 Å². The van der Waals surface area contributed by atoms with Crippen molar-refractivity contribution in [2.45, 2.75) is 12.8 Å². The molecule has 1 aromatic heterocycles. The molecule has 0 aliphatic carbocycles. The molecule has 0 radical (unpaired) electrons. The van der Waals surface area contributed by atoms with Crippen molar-refractivity contribution >= 4 is 27.3 Å². The predicted molar refractivity (Wildman–Crippen MR) is 67.8 cm³/mol. The monoisotopic (exact) mass is 336 g/mol. The first kappa shape index (κ1) is 13.4. The van der Waals surface area contributed by atoms with Crippen molar-refractivity contribution in [3.05, 3.63) is 50.6 Å². The summed E-state index contributed by atoms with van der Waals surface area (Å²) in [5.74, 6) is -0.144. The van der Waals surface area contributed by atoms with E-state index < -0.39 is 11.7 Å². The lowest BCUT2D eigenvalue weighted by Crippen LogP contribution is -2.08. The molecule has 0 bridgehead atoms. The third-order valence-electron chi connectivity index (χ3n) is 2.19. The minimum atomic E-state index is -4.40. The van der Waals surface area contributed by atoms with Crippen LogP contribution < -0.4 is 4.74 Å². The van der Waals surface area contributed by atoms with Gasteiger partial charge in [0.15, 0.2) is 0 Å². The summed E-state index contributed by atoms with van der Waals surface area (Å²) < 4.78 is 44.2. The molecule has 0 unspecified atom stereocenters. The van der Waals surface area contributed by atoms with Gasteiger partial charge in [-0.2, -0.15) is 13.2 Å². The summed E-state index contributed by atoms with van der Waals surface area (Å²) in [6.45, 7) is 0.128. The van der Waals surface area contributed by atoms with Gasteiger partial charge in [0, 0.05) is 4.88 Å². The van der Waals surface area contributed by atoms with Crippen molar-refractivity contribution in [3.63, 3.8) is 0 Å². The molecule has 2 rings (SSSR count). The van der Waals surface area contributed by atoms with Crippen LogP contribution in [0.2, 0.25) is 0 Å². The summed E-state index contributed by atoms with van der Waals surface area (Å²) in [7, 11) is 0. The van der Waals surface area contributed by atoms with Crippen LogP contribution in [-0.2, 0) is 12.8 Å². The lowest BCUT2D eigenvalue weighted by atomic mass is 10.2. The molecule has 96 valence electrons. The number of rotatable bonds is 3. The third-order valence-corrected chi connectivity index (χ3v) is 3.79. The van der Waals surface area contributed by atoms with Crippen molar-refractivity contribution in [1.82, 2.24) is 0 Å². The van der Waals surface area contributed by atoms with Gasteiger partial charge in [-0.25, -0.2) is 0 Å². The maximum absolute atomic E-state index is 12.7. The second kappa shape index (κ2) is 5.32. The Balaban J connectivity index is 2.14. The van der Waals surface area contributed by atoms with Crippen LogP contribution in [0.5, 0.6) is 5.75 Å². The zero-order chi connectivity index (χ0) is 13.2. The molecule has 0 fully saturated rings. The van der Waals surface area contributed by atoms with E-state index in [-0.39, 0.29) is 12.4 Å². The van der Waals surface area contributed by atoms with Gasteiger partial charge in [-0.05, 0) is 40.2 Å². The second-order valence-corrected chi connectivity index (χ2v) is 6.04. The van der Waals surface area contributed by atoms with Crippen LogP contribution in [0.15, 0.2) is 40.2 Å². The predicted octanol–water partition coefficient (Wildman–Crippen LogP) is 5.11. The van der Waals surface area contributed by atoms with Crippen LogP contribution in [0.1, 0.15) is 10.4 Å². The highest BCUT2D eigenvalue weighted by atomic mass is 79.9. The first-order valence-corrected chi connectivity index (χ1v) is 6.61. The van der Waals surface area contributed by atoms with Crippen LogP contribution in [0, 0.1) is 0 Å². The molecule has 0 atom stereocenters. The van der Waals surface area contributed by atoms with Crippen molar-refractivity contribution in [2.24, 2.45) is 0 Å². The van der Waals surface area contributed by atoms with Gasteiger partial charge in [-0.15, -0.1) is 11.3 Å². The molecule has 0 amide bonds. The van der Waals surface area contributed by atoms with Crippen molar-refractivity contribution < 1.29 is 17.9 Å². The van der Waals surface area contributed by atoms with Crippen molar-refractivity contribution in [3.8, 4) is 5.75 Å². The number of hydrogen-bond donors (Lipinski definition) is 0. The number of thiophene rings is 1. The Morgan fingerprint density at radius 3 is 2.44 bits per heavy atom. The molecular formula is C12H8BrF3OS. The molecule has 0 N–H and O–H groups in total. The number of benzene rings is 1. The topological polar surface area (TPSA) is 9.23 Å². The molecule has 0 aliphatic heterocycles. The van der Waals surface area contributed by atoms with Crippen LogP contribution in [-0.4, -0.2) is 0 Å². The Morgan fingerprint density at radius 2 is 1.83 bits per heavy atom. The maximum Gasteiger partial charge on any atom is 0.419 e. The molecule has 0 spiro atoms. The van der Waals surface area contributed by atoms with Crippen LogP contribution in [0.4, 0.5) is 13.2 Å². The van der Waals surface area contributed by atoms with Gasteiger partial charge in [0.2, 0.25) is 0 Å². The lowest BCUT2D eigenvalue weighted by Gasteiger charge is -2.12. The maximum atomic E-state index is 12.7. The van der Waals surface area contributed by atoms with E-state index in [1.807, 2.05) is 12.1 Å². The van der Waals surface area contributed by atoms with Crippen molar-refractivity contribution in [1.29, 1.82) is 0 Å². The Labute approximate surface area is 114 Å². The number of hydrogen-bond acceptors (Lipinski definition) is 2. The van der Waals surface area contributed by atoms with E-state index >= 15 is 0 Å². The average molecular weight is 337 g/mol. The first-order chi connectivity index (χ1) is 8.47. The van der Waals surface area contributed by atoms with E-state index in [4.69, 9.17) is 4.74 Å². The third kappa shape index (κ3) is 3.26. The number of halogens is 4. The second-order valence-electron chi connectivity index (χ2n) is 3.49. The number of para-hydroxylation sites is 1. The van der Waals surface area contributed by atoms with Crippen LogP contribution in [0.3, 0.4) is 0 Å². The van der Waals surface area contributed by atoms with E-state index in [1.54, 1.807) is 0 Å². The van der Waals surface area contributed by atoms with Gasteiger partial charge in [0.05, 0.1) is 9.35 Å². The lowest BCUT2D eigenvalue weighted by molar-refractivity contribution is -0.139. The zero-order valence-electron chi connectivity index (χ0n) is 9.00. The van der Waals surface area contributed by atoms with E-state index in [9.17, 15) is 13.2 Å². The minimum Gasteiger partial charge on any atom is -0.487 e. The van der Waals surface area contributed by atoms with Gasteiger partial charge in [0.25, 0.3) is 0 Å². The zero-order valence-corrected chi connectivity index (χ0v) is 11.4. The van der Waals surface area contributed by atoms with Gasteiger partial charge in [-0.1, -0.05) is 12.1 Å². The fraction of sp³-hybridized carbons (Fsp3) is 0.167. The molecular weight excluding hydrogens is 329 g/mol. The normalized spacial score (nSPS) is 11.6. The van der Waals surface area contributed by atoms with Crippen molar-refractivity contribution in [2.75, 3.05) is 0 Å². The Hall–Kier alpha value is -1.01. The molecule has 0 saturated carbocycles. The van der Waals surface area contributed by atoms with Gasteiger partial charge < -0.3 is 4.74 Å². The average Bonchev–Trinajstić information content (AvgIpc) is 2.72. The molecule has 1 nitrogen and oxygen atoms in total. The summed E-state index contributed by atoms with van der Waals surface area (Å²) in [5, 5.41) is 0. The Bertz CT molecular complexity index is 536. The van der Waals surface area contributed by atoms with Gasteiger partial charge >= 0.3 is 6.18 Å². The molecule has 1 heterocycles. The van der Waals surface area contributed by atoms with E-state index in [0.29, 0.717) is 0 Å². The fourth-order valence-electron chi connectivity index (χ4n) is 1.40.